The van der Waals surface area contributed by atoms with E-state index in [1.165, 1.54) is 0 Å². The third-order valence-corrected chi connectivity index (χ3v) is 4.65. The summed E-state index contributed by atoms with van der Waals surface area (Å²) in [4.78, 5) is 14.3. The summed E-state index contributed by atoms with van der Waals surface area (Å²) in [5, 5.41) is 2.99. The van der Waals surface area contributed by atoms with Crippen LogP contribution in [0.3, 0.4) is 0 Å². The van der Waals surface area contributed by atoms with E-state index in [-0.39, 0.29) is 5.91 Å². The number of rotatable bonds is 2. The van der Waals surface area contributed by atoms with Crippen LogP contribution in [0.2, 0.25) is 5.02 Å². The number of hydrogen-bond acceptors (Lipinski definition) is 1. The molecule has 1 saturated heterocycles. The fourth-order valence-corrected chi connectivity index (χ4v) is 3.42. The average molecular weight is 322 g/mol. The van der Waals surface area contributed by atoms with Crippen LogP contribution in [0.15, 0.2) is 60.7 Å². The van der Waals surface area contributed by atoms with Crippen LogP contribution in [0.25, 0.3) is 21.9 Å². The van der Waals surface area contributed by atoms with Gasteiger partial charge in [0.05, 0.1) is 5.69 Å². The van der Waals surface area contributed by atoms with E-state index in [4.69, 9.17) is 11.6 Å². The van der Waals surface area contributed by atoms with E-state index < -0.39 is 0 Å². The van der Waals surface area contributed by atoms with Crippen LogP contribution in [0.1, 0.15) is 12.8 Å². The highest BCUT2D eigenvalue weighted by molar-refractivity contribution is 6.30. The smallest absolute Gasteiger partial charge is 0.227 e. The molecule has 3 aromatic rings. The monoisotopic (exact) mass is 321 g/mol. The molecule has 23 heavy (non-hydrogen) atoms. The van der Waals surface area contributed by atoms with Gasteiger partial charge < -0.3 is 4.90 Å². The Morgan fingerprint density at radius 2 is 1.70 bits per heavy atom. The first-order chi connectivity index (χ1) is 11.2. The lowest BCUT2D eigenvalue weighted by Crippen LogP contribution is -2.24. The molecule has 114 valence electrons. The number of carbonyl (C=O) groups excluding carboxylic acids is 1. The van der Waals surface area contributed by atoms with Crippen LogP contribution < -0.4 is 4.90 Å². The molecular formula is C20H16ClNO. The van der Waals surface area contributed by atoms with Crippen molar-refractivity contribution in [1.29, 1.82) is 0 Å². The van der Waals surface area contributed by atoms with Crippen LogP contribution >= 0.6 is 11.6 Å². The first-order valence-electron chi connectivity index (χ1n) is 7.82. The predicted molar refractivity (Wildman–Crippen MR) is 96.0 cm³/mol. The first kappa shape index (κ1) is 14.3. The van der Waals surface area contributed by atoms with Gasteiger partial charge in [-0.3, -0.25) is 4.79 Å². The molecule has 0 saturated carbocycles. The number of carbonyl (C=O) groups is 1. The number of anilines is 1. The average Bonchev–Trinajstić information content (AvgIpc) is 3.00. The van der Waals surface area contributed by atoms with Gasteiger partial charge in [0, 0.05) is 28.9 Å². The van der Waals surface area contributed by atoms with Crippen molar-refractivity contribution in [2.24, 2.45) is 0 Å². The maximum absolute atomic E-state index is 12.4. The van der Waals surface area contributed by atoms with Gasteiger partial charge in [-0.05, 0) is 29.5 Å². The molecule has 0 bridgehead atoms. The van der Waals surface area contributed by atoms with Crippen molar-refractivity contribution in [2.75, 3.05) is 11.4 Å². The van der Waals surface area contributed by atoms with Crippen molar-refractivity contribution in [3.05, 3.63) is 65.7 Å². The van der Waals surface area contributed by atoms with E-state index >= 15 is 0 Å². The molecule has 0 aromatic heterocycles. The maximum atomic E-state index is 12.4. The second-order valence-corrected chi connectivity index (χ2v) is 6.28. The Hall–Kier alpha value is -2.32. The zero-order valence-corrected chi connectivity index (χ0v) is 13.4. The Balaban J connectivity index is 1.99. The molecule has 1 heterocycles. The van der Waals surface area contributed by atoms with Gasteiger partial charge >= 0.3 is 0 Å². The number of amides is 1. The van der Waals surface area contributed by atoms with Crippen LogP contribution in [-0.2, 0) is 4.79 Å². The van der Waals surface area contributed by atoms with Gasteiger partial charge in [-0.2, -0.15) is 0 Å². The van der Waals surface area contributed by atoms with Crippen molar-refractivity contribution in [3.63, 3.8) is 0 Å². The molecule has 1 aliphatic rings. The third-order valence-electron chi connectivity index (χ3n) is 4.40. The van der Waals surface area contributed by atoms with E-state index in [1.54, 1.807) is 0 Å². The lowest BCUT2D eigenvalue weighted by atomic mass is 9.97. The highest BCUT2D eigenvalue weighted by atomic mass is 35.5. The number of fused-ring (bicyclic) bond motifs is 1. The zero-order chi connectivity index (χ0) is 15.8. The Labute approximate surface area is 140 Å². The van der Waals surface area contributed by atoms with Crippen LogP contribution in [0, 0.1) is 0 Å². The summed E-state index contributed by atoms with van der Waals surface area (Å²) in [7, 11) is 0. The van der Waals surface area contributed by atoms with Gasteiger partial charge in [0.25, 0.3) is 0 Å². The SMILES string of the molecule is O=C1CCCN1c1c(-c2ccc(Cl)cc2)ccc2ccccc12. The molecule has 0 atom stereocenters. The van der Waals surface area contributed by atoms with E-state index in [0.29, 0.717) is 11.4 Å². The predicted octanol–water partition coefficient (Wildman–Crippen LogP) is 5.29. The van der Waals surface area contributed by atoms with Gasteiger partial charge in [-0.1, -0.05) is 60.1 Å². The Morgan fingerprint density at radius 3 is 2.43 bits per heavy atom. The summed E-state index contributed by atoms with van der Waals surface area (Å²) in [5.41, 5.74) is 3.18. The van der Waals surface area contributed by atoms with E-state index in [2.05, 4.69) is 24.3 Å². The van der Waals surface area contributed by atoms with Crippen LogP contribution in [0.4, 0.5) is 5.69 Å². The normalized spacial score (nSPS) is 14.7. The molecule has 3 aromatic carbocycles. The van der Waals surface area contributed by atoms with Crippen LogP contribution in [-0.4, -0.2) is 12.5 Å². The summed E-state index contributed by atoms with van der Waals surface area (Å²) in [6, 6.07) is 20.3. The third kappa shape index (κ3) is 2.49. The fraction of sp³-hybridized carbons (Fsp3) is 0.150. The van der Waals surface area contributed by atoms with Gasteiger partial charge in [0.2, 0.25) is 5.91 Å². The van der Waals surface area contributed by atoms with E-state index in [1.807, 2.05) is 41.3 Å². The molecule has 2 nitrogen and oxygen atoms in total. The second kappa shape index (κ2) is 5.71. The molecule has 0 spiro atoms. The van der Waals surface area contributed by atoms with Crippen molar-refractivity contribution in [2.45, 2.75) is 12.8 Å². The Kier molecular flexibility index (Phi) is 3.55. The molecule has 1 amide bonds. The highest BCUT2D eigenvalue weighted by Gasteiger charge is 2.26. The summed E-state index contributed by atoms with van der Waals surface area (Å²) in [6.45, 7) is 0.785. The molecule has 1 aliphatic heterocycles. The van der Waals surface area contributed by atoms with Gasteiger partial charge in [0.1, 0.15) is 0 Å². The van der Waals surface area contributed by atoms with Crippen molar-refractivity contribution < 1.29 is 4.79 Å². The largest absolute Gasteiger partial charge is 0.311 e. The molecule has 0 radical (unpaired) electrons. The van der Waals surface area contributed by atoms with Gasteiger partial charge in [-0.15, -0.1) is 0 Å². The van der Waals surface area contributed by atoms with Crippen LogP contribution in [0.5, 0.6) is 0 Å². The molecule has 4 rings (SSSR count). The number of halogens is 1. The molecule has 1 fully saturated rings. The quantitative estimate of drug-likeness (QED) is 0.628. The number of benzene rings is 3. The van der Waals surface area contributed by atoms with Crippen molar-refractivity contribution >= 4 is 34.0 Å². The second-order valence-electron chi connectivity index (χ2n) is 5.84. The summed E-state index contributed by atoms with van der Waals surface area (Å²) in [6.07, 6.45) is 1.55. The first-order valence-corrected chi connectivity index (χ1v) is 8.20. The van der Waals surface area contributed by atoms with E-state index in [0.717, 1.165) is 40.6 Å². The fourth-order valence-electron chi connectivity index (χ4n) is 3.29. The van der Waals surface area contributed by atoms with Gasteiger partial charge in [-0.25, -0.2) is 0 Å². The number of nitrogens with zero attached hydrogens (tertiary/aromatic N) is 1. The van der Waals surface area contributed by atoms with E-state index in [9.17, 15) is 4.79 Å². The Bertz CT molecular complexity index is 886. The lowest BCUT2D eigenvalue weighted by molar-refractivity contribution is -0.117. The minimum absolute atomic E-state index is 0.205. The van der Waals surface area contributed by atoms with Crippen molar-refractivity contribution in [3.8, 4) is 11.1 Å². The van der Waals surface area contributed by atoms with Gasteiger partial charge in [0.15, 0.2) is 0 Å². The summed E-state index contributed by atoms with van der Waals surface area (Å²) < 4.78 is 0. The summed E-state index contributed by atoms with van der Waals surface area (Å²) in [5.74, 6) is 0.205. The lowest BCUT2D eigenvalue weighted by Gasteiger charge is -2.22. The molecule has 3 heteroatoms. The topological polar surface area (TPSA) is 20.3 Å². The molecule has 0 unspecified atom stereocenters. The minimum atomic E-state index is 0.205. The minimum Gasteiger partial charge on any atom is -0.311 e. The number of hydrogen-bond donors (Lipinski definition) is 0. The molecular weight excluding hydrogens is 306 g/mol. The molecule has 0 N–H and O–H groups in total. The molecule has 0 aliphatic carbocycles. The highest BCUT2D eigenvalue weighted by Crippen LogP contribution is 2.39. The zero-order valence-electron chi connectivity index (χ0n) is 12.6. The Morgan fingerprint density at radius 1 is 0.913 bits per heavy atom. The standard InChI is InChI=1S/C20H16ClNO/c21-16-10-7-15(8-11-16)18-12-9-14-4-1-2-5-17(14)20(18)22-13-3-6-19(22)23/h1-2,4-5,7-12H,3,6,13H2. The maximum Gasteiger partial charge on any atom is 0.227 e. The van der Waals surface area contributed by atoms with Crippen molar-refractivity contribution in [1.82, 2.24) is 0 Å². The summed E-state index contributed by atoms with van der Waals surface area (Å²) >= 11 is 6.02.